The number of hydrogen-bond acceptors (Lipinski definition) is 5. The number of hydrogen-bond donors (Lipinski definition) is 1. The van der Waals surface area contributed by atoms with Gasteiger partial charge in [0.25, 0.3) is 6.29 Å². The van der Waals surface area contributed by atoms with Gasteiger partial charge in [-0.05, 0) is 24.3 Å². The third-order valence-electron chi connectivity index (χ3n) is 3.21. The highest BCUT2D eigenvalue weighted by atomic mass is 35.5. The van der Waals surface area contributed by atoms with E-state index in [0.717, 1.165) is 0 Å². The van der Waals surface area contributed by atoms with E-state index in [-0.39, 0.29) is 23.3 Å². The Hall–Kier alpha value is -2.52. The second kappa shape index (κ2) is 6.41. The van der Waals surface area contributed by atoms with Crippen LogP contribution in [0.15, 0.2) is 30.5 Å². The average molecular weight is 376 g/mol. The molecule has 1 aliphatic heterocycles. The molecule has 0 spiro atoms. The summed E-state index contributed by atoms with van der Waals surface area (Å²) in [6.07, 6.45) is -5.34. The Kier molecular flexibility index (Phi) is 4.44. The smallest absolute Gasteiger partial charge is 0.417 e. The van der Waals surface area contributed by atoms with Crippen molar-refractivity contribution in [3.8, 4) is 17.4 Å². The Bertz CT molecular complexity index is 827. The number of carboxylic acid groups (broad SMARTS) is 1. The largest absolute Gasteiger partial charge is 0.477 e. The van der Waals surface area contributed by atoms with Crippen molar-refractivity contribution in [2.24, 2.45) is 0 Å². The number of carboxylic acids is 1. The summed E-state index contributed by atoms with van der Waals surface area (Å²) < 4.78 is 53.3. The number of pyridine rings is 1. The zero-order valence-electron chi connectivity index (χ0n) is 12.2. The monoisotopic (exact) mass is 375 g/mol. The third-order valence-corrected chi connectivity index (χ3v) is 3.48. The van der Waals surface area contributed by atoms with Crippen molar-refractivity contribution >= 4 is 17.6 Å². The summed E-state index contributed by atoms with van der Waals surface area (Å²) in [5, 5.41) is 8.55. The highest BCUT2D eigenvalue weighted by Gasteiger charge is 2.32. The summed E-state index contributed by atoms with van der Waals surface area (Å²) >= 11 is 5.78. The van der Waals surface area contributed by atoms with E-state index >= 15 is 0 Å². The quantitative estimate of drug-likeness (QED) is 0.877. The van der Waals surface area contributed by atoms with Crippen molar-refractivity contribution in [3.05, 3.63) is 46.6 Å². The van der Waals surface area contributed by atoms with Gasteiger partial charge in [0.15, 0.2) is 0 Å². The molecule has 1 unspecified atom stereocenters. The first kappa shape index (κ1) is 17.3. The molecule has 1 N–H and O–H groups in total. The van der Waals surface area contributed by atoms with Gasteiger partial charge in [0.2, 0.25) is 5.88 Å². The number of rotatable bonds is 3. The van der Waals surface area contributed by atoms with Crippen molar-refractivity contribution in [3.63, 3.8) is 0 Å². The fourth-order valence-electron chi connectivity index (χ4n) is 2.05. The standard InChI is InChI=1S/C15H9ClF3NO5/c16-10-4-8(15(17,18)19)5-20-12(10)24-9-1-2-11-7(3-9)6-23-14(25-11)13(21)22/h1-5,14H,6H2,(H,21,22). The lowest BCUT2D eigenvalue weighted by Crippen LogP contribution is -2.33. The zero-order valence-corrected chi connectivity index (χ0v) is 13.0. The second-order valence-corrected chi connectivity index (χ2v) is 5.39. The first-order valence-electron chi connectivity index (χ1n) is 6.78. The molecule has 1 aliphatic rings. The fraction of sp³-hybridized carbons (Fsp3) is 0.200. The van der Waals surface area contributed by atoms with E-state index in [4.69, 9.17) is 30.9 Å². The zero-order chi connectivity index (χ0) is 18.2. The van der Waals surface area contributed by atoms with Crippen LogP contribution in [-0.2, 0) is 22.3 Å². The fourth-order valence-corrected chi connectivity index (χ4v) is 2.26. The van der Waals surface area contributed by atoms with Gasteiger partial charge in [0, 0.05) is 11.8 Å². The minimum atomic E-state index is -4.56. The number of nitrogens with zero attached hydrogens (tertiary/aromatic N) is 1. The first-order chi connectivity index (χ1) is 11.7. The van der Waals surface area contributed by atoms with Crippen LogP contribution < -0.4 is 9.47 Å². The number of ether oxygens (including phenoxy) is 3. The van der Waals surface area contributed by atoms with E-state index in [0.29, 0.717) is 23.6 Å². The summed E-state index contributed by atoms with van der Waals surface area (Å²) in [4.78, 5) is 14.4. The van der Waals surface area contributed by atoms with Gasteiger partial charge in [-0.3, -0.25) is 0 Å². The highest BCUT2D eigenvalue weighted by Crippen LogP contribution is 2.36. The number of benzene rings is 1. The Morgan fingerprint density at radius 3 is 2.76 bits per heavy atom. The molecule has 3 rings (SSSR count). The lowest BCUT2D eigenvalue weighted by Gasteiger charge is -2.23. The molecule has 0 fully saturated rings. The van der Waals surface area contributed by atoms with Gasteiger partial charge >= 0.3 is 12.1 Å². The van der Waals surface area contributed by atoms with Crippen LogP contribution >= 0.6 is 11.6 Å². The molecule has 0 radical (unpaired) electrons. The van der Waals surface area contributed by atoms with Crippen molar-refractivity contribution in [2.75, 3.05) is 0 Å². The average Bonchev–Trinajstić information content (AvgIpc) is 2.55. The normalized spacial score (nSPS) is 16.7. The summed E-state index contributed by atoms with van der Waals surface area (Å²) in [5.74, 6) is -0.922. The molecule has 1 aromatic carbocycles. The summed E-state index contributed by atoms with van der Waals surface area (Å²) in [6.45, 7) is -0.0301. The summed E-state index contributed by atoms with van der Waals surface area (Å²) in [6, 6.07) is 5.11. The van der Waals surface area contributed by atoms with Crippen LogP contribution in [0, 0.1) is 0 Å². The van der Waals surface area contributed by atoms with Crippen LogP contribution in [0.1, 0.15) is 11.1 Å². The Labute approximate surface area is 143 Å². The van der Waals surface area contributed by atoms with E-state index in [1.54, 1.807) is 0 Å². The lowest BCUT2D eigenvalue weighted by atomic mass is 10.2. The second-order valence-electron chi connectivity index (χ2n) is 4.98. The molecule has 10 heteroatoms. The number of alkyl halides is 3. The van der Waals surface area contributed by atoms with Crippen LogP contribution in [-0.4, -0.2) is 22.3 Å². The SMILES string of the molecule is O=C(O)C1OCc2cc(Oc3ncc(C(F)(F)F)cc3Cl)ccc2O1. The van der Waals surface area contributed by atoms with E-state index in [1.807, 2.05) is 0 Å². The molecule has 6 nitrogen and oxygen atoms in total. The summed E-state index contributed by atoms with van der Waals surface area (Å²) in [5.41, 5.74) is -0.477. The number of fused-ring (bicyclic) bond motifs is 1. The van der Waals surface area contributed by atoms with Crippen LogP contribution in [0.2, 0.25) is 5.02 Å². The van der Waals surface area contributed by atoms with Crippen LogP contribution in [0.5, 0.6) is 17.4 Å². The Morgan fingerprint density at radius 2 is 2.12 bits per heavy atom. The molecule has 0 saturated carbocycles. The third kappa shape index (κ3) is 3.77. The van der Waals surface area contributed by atoms with Crippen LogP contribution in [0.3, 0.4) is 0 Å². The van der Waals surface area contributed by atoms with Crippen molar-refractivity contribution < 1.29 is 37.3 Å². The predicted molar refractivity (Wildman–Crippen MR) is 77.6 cm³/mol. The molecule has 1 atom stereocenters. The first-order valence-corrected chi connectivity index (χ1v) is 7.16. The predicted octanol–water partition coefficient (Wildman–Crippen LogP) is 3.87. The molecule has 2 aromatic rings. The Morgan fingerprint density at radius 1 is 1.36 bits per heavy atom. The number of aromatic nitrogens is 1. The molecule has 25 heavy (non-hydrogen) atoms. The van der Waals surface area contributed by atoms with Crippen molar-refractivity contribution in [1.29, 1.82) is 0 Å². The molecule has 0 bridgehead atoms. The van der Waals surface area contributed by atoms with Crippen molar-refractivity contribution in [1.82, 2.24) is 4.98 Å². The molecule has 0 aliphatic carbocycles. The lowest BCUT2D eigenvalue weighted by molar-refractivity contribution is -0.177. The maximum Gasteiger partial charge on any atom is 0.417 e. The van der Waals surface area contributed by atoms with Crippen LogP contribution in [0.4, 0.5) is 13.2 Å². The summed E-state index contributed by atoms with van der Waals surface area (Å²) in [7, 11) is 0. The molecule has 0 amide bonds. The highest BCUT2D eigenvalue weighted by molar-refractivity contribution is 6.31. The van der Waals surface area contributed by atoms with E-state index in [9.17, 15) is 18.0 Å². The minimum Gasteiger partial charge on any atom is -0.477 e. The molecular weight excluding hydrogens is 367 g/mol. The van der Waals surface area contributed by atoms with Gasteiger partial charge < -0.3 is 19.3 Å². The number of aliphatic carboxylic acids is 1. The van der Waals surface area contributed by atoms with Gasteiger partial charge in [-0.25, -0.2) is 9.78 Å². The van der Waals surface area contributed by atoms with E-state index in [2.05, 4.69) is 4.98 Å². The molecule has 132 valence electrons. The molecular formula is C15H9ClF3NO5. The minimum absolute atomic E-state index is 0.0301. The van der Waals surface area contributed by atoms with Gasteiger partial charge in [0.05, 0.1) is 12.2 Å². The number of carbonyl (C=O) groups is 1. The molecule has 2 heterocycles. The van der Waals surface area contributed by atoms with Gasteiger partial charge in [-0.15, -0.1) is 0 Å². The Balaban J connectivity index is 1.80. The van der Waals surface area contributed by atoms with Crippen LogP contribution in [0.25, 0.3) is 0 Å². The maximum absolute atomic E-state index is 12.6. The molecule has 0 saturated heterocycles. The van der Waals surface area contributed by atoms with Gasteiger partial charge in [0.1, 0.15) is 16.5 Å². The van der Waals surface area contributed by atoms with E-state index in [1.165, 1.54) is 18.2 Å². The maximum atomic E-state index is 12.6. The number of halogens is 4. The van der Waals surface area contributed by atoms with Crippen molar-refractivity contribution in [2.45, 2.75) is 19.1 Å². The van der Waals surface area contributed by atoms with E-state index < -0.39 is 24.0 Å². The molecule has 1 aromatic heterocycles. The van der Waals surface area contributed by atoms with Gasteiger partial charge in [-0.1, -0.05) is 11.6 Å². The van der Waals surface area contributed by atoms with Gasteiger partial charge in [-0.2, -0.15) is 13.2 Å². The topological polar surface area (TPSA) is 77.9 Å².